The van der Waals surface area contributed by atoms with E-state index in [0.717, 1.165) is 17.2 Å². The van der Waals surface area contributed by atoms with Crippen molar-refractivity contribution in [1.29, 1.82) is 0 Å². The predicted octanol–water partition coefficient (Wildman–Crippen LogP) is 5.05. The molecule has 0 spiro atoms. The molecule has 0 amide bonds. The smallest absolute Gasteiger partial charge is 0.0226 e. The highest BCUT2D eigenvalue weighted by Crippen LogP contribution is 2.09. The van der Waals surface area contributed by atoms with E-state index < -0.39 is 0 Å². The fourth-order valence-electron chi connectivity index (χ4n) is 2.42. The SMILES string of the molecule is Cl.c1ccc(Pc2ccccc2)cc1.c1ccc(Pc2ccccc2)cc1. The Labute approximate surface area is 172 Å². The normalized spacial score (nSPS) is 9.48. The molecular weight excluding hydrogens is 386 g/mol. The molecule has 0 saturated heterocycles. The van der Waals surface area contributed by atoms with Gasteiger partial charge in [0.1, 0.15) is 0 Å². The quantitative estimate of drug-likeness (QED) is 0.414. The van der Waals surface area contributed by atoms with E-state index in [1.54, 1.807) is 0 Å². The molecule has 0 saturated carbocycles. The van der Waals surface area contributed by atoms with Crippen molar-refractivity contribution < 1.29 is 0 Å². The van der Waals surface area contributed by atoms with Gasteiger partial charge in [-0.15, -0.1) is 12.4 Å². The number of halogens is 1. The minimum atomic E-state index is 0. The van der Waals surface area contributed by atoms with Crippen molar-refractivity contribution in [3.05, 3.63) is 121 Å². The van der Waals surface area contributed by atoms with Gasteiger partial charge >= 0.3 is 0 Å². The molecule has 0 aromatic heterocycles. The second-order valence-electron chi connectivity index (χ2n) is 5.71. The summed E-state index contributed by atoms with van der Waals surface area (Å²) >= 11 is 0. The molecule has 0 N–H and O–H groups in total. The summed E-state index contributed by atoms with van der Waals surface area (Å²) in [7, 11) is 1.55. The van der Waals surface area contributed by atoms with Crippen LogP contribution >= 0.6 is 29.6 Å². The van der Waals surface area contributed by atoms with Crippen LogP contribution in [0.3, 0.4) is 0 Å². The molecule has 136 valence electrons. The van der Waals surface area contributed by atoms with Crippen molar-refractivity contribution in [3.63, 3.8) is 0 Å². The largest absolute Gasteiger partial charge is 0.147 e. The molecule has 0 aliphatic carbocycles. The maximum atomic E-state index is 2.17. The minimum Gasteiger partial charge on any atom is -0.147 e. The molecule has 27 heavy (non-hydrogen) atoms. The van der Waals surface area contributed by atoms with Gasteiger partial charge in [0.15, 0.2) is 0 Å². The molecule has 0 heterocycles. The minimum absolute atomic E-state index is 0. The molecule has 0 nitrogen and oxygen atoms in total. The lowest BCUT2D eigenvalue weighted by Gasteiger charge is -2.00. The van der Waals surface area contributed by atoms with Crippen LogP contribution in [0.1, 0.15) is 0 Å². The molecule has 4 aromatic carbocycles. The highest BCUT2D eigenvalue weighted by atomic mass is 35.5. The third kappa shape index (κ3) is 8.06. The third-order valence-electron chi connectivity index (χ3n) is 3.67. The predicted molar refractivity (Wildman–Crippen MR) is 128 cm³/mol. The lowest BCUT2D eigenvalue weighted by atomic mass is 10.4. The molecule has 0 radical (unpaired) electrons. The van der Waals surface area contributed by atoms with Gasteiger partial charge in [-0.2, -0.15) is 0 Å². The molecule has 4 rings (SSSR count). The Balaban J connectivity index is 0.000000187. The third-order valence-corrected chi connectivity index (χ3v) is 6.16. The second kappa shape index (κ2) is 12.4. The Kier molecular flexibility index (Phi) is 9.81. The number of hydrogen-bond acceptors (Lipinski definition) is 0. The molecule has 0 bridgehead atoms. The van der Waals surface area contributed by atoms with E-state index in [2.05, 4.69) is 121 Å². The van der Waals surface area contributed by atoms with Crippen LogP contribution in [-0.4, -0.2) is 0 Å². The number of rotatable bonds is 4. The zero-order valence-electron chi connectivity index (χ0n) is 15.0. The van der Waals surface area contributed by atoms with Crippen LogP contribution in [0.25, 0.3) is 0 Å². The summed E-state index contributed by atoms with van der Waals surface area (Å²) in [5.41, 5.74) is 0. The topological polar surface area (TPSA) is 0 Å². The zero-order valence-corrected chi connectivity index (χ0v) is 17.8. The van der Waals surface area contributed by atoms with Gasteiger partial charge in [-0.3, -0.25) is 0 Å². The first kappa shape index (κ1) is 21.3. The van der Waals surface area contributed by atoms with Gasteiger partial charge in [-0.25, -0.2) is 0 Å². The highest BCUT2D eigenvalue weighted by molar-refractivity contribution is 7.55. The number of benzene rings is 4. The van der Waals surface area contributed by atoms with Crippen molar-refractivity contribution in [2.45, 2.75) is 0 Å². The zero-order chi connectivity index (χ0) is 17.9. The highest BCUT2D eigenvalue weighted by Gasteiger charge is 1.93. The van der Waals surface area contributed by atoms with E-state index in [1.165, 1.54) is 21.2 Å². The fraction of sp³-hybridized carbons (Fsp3) is 0. The van der Waals surface area contributed by atoms with Crippen LogP contribution in [0, 0.1) is 0 Å². The summed E-state index contributed by atoms with van der Waals surface area (Å²) in [6.45, 7) is 0. The van der Waals surface area contributed by atoms with Crippen LogP contribution in [0.5, 0.6) is 0 Å². The van der Waals surface area contributed by atoms with Gasteiger partial charge in [0.05, 0.1) is 0 Å². The molecular formula is C24H23ClP2. The Morgan fingerprint density at radius 2 is 0.481 bits per heavy atom. The van der Waals surface area contributed by atoms with E-state index in [1.807, 2.05) is 0 Å². The maximum absolute atomic E-state index is 2.17. The Morgan fingerprint density at radius 1 is 0.296 bits per heavy atom. The molecule has 0 aliphatic rings. The van der Waals surface area contributed by atoms with Crippen LogP contribution in [0.4, 0.5) is 0 Å². The summed E-state index contributed by atoms with van der Waals surface area (Å²) < 4.78 is 0. The van der Waals surface area contributed by atoms with E-state index in [4.69, 9.17) is 0 Å². The Bertz CT molecular complexity index is 715. The van der Waals surface area contributed by atoms with Crippen LogP contribution in [0.15, 0.2) is 121 Å². The standard InChI is InChI=1S/2C12H11P.ClH/c2*1-3-7-11(8-4-1)13-12-9-5-2-6-10-12;/h2*1-10,13H;1H. The average Bonchev–Trinajstić information content (AvgIpc) is 2.72. The molecule has 4 aromatic rings. The second-order valence-corrected chi connectivity index (χ2v) is 8.52. The summed E-state index contributed by atoms with van der Waals surface area (Å²) in [5.74, 6) is 0. The van der Waals surface area contributed by atoms with E-state index in [0.29, 0.717) is 0 Å². The van der Waals surface area contributed by atoms with E-state index in [9.17, 15) is 0 Å². The average molecular weight is 409 g/mol. The molecule has 3 heteroatoms. The summed E-state index contributed by atoms with van der Waals surface area (Å²) in [6.07, 6.45) is 0. The maximum Gasteiger partial charge on any atom is -0.0226 e. The first-order valence-corrected chi connectivity index (χ1v) is 10.6. The van der Waals surface area contributed by atoms with Gasteiger partial charge < -0.3 is 0 Å². The van der Waals surface area contributed by atoms with Crippen molar-refractivity contribution >= 4 is 50.8 Å². The molecule has 0 unspecified atom stereocenters. The van der Waals surface area contributed by atoms with Crippen LogP contribution < -0.4 is 21.2 Å². The summed E-state index contributed by atoms with van der Waals surface area (Å²) in [4.78, 5) is 0. The fourth-order valence-corrected chi connectivity index (χ4v) is 4.52. The van der Waals surface area contributed by atoms with E-state index >= 15 is 0 Å². The lowest BCUT2D eigenvalue weighted by molar-refractivity contribution is 1.76. The summed E-state index contributed by atoms with van der Waals surface area (Å²) in [6, 6.07) is 42.3. The molecule has 0 aliphatic heterocycles. The first-order chi connectivity index (χ1) is 12.9. The van der Waals surface area contributed by atoms with Crippen LogP contribution in [-0.2, 0) is 0 Å². The van der Waals surface area contributed by atoms with Crippen molar-refractivity contribution in [2.75, 3.05) is 0 Å². The van der Waals surface area contributed by atoms with Crippen molar-refractivity contribution in [3.8, 4) is 0 Å². The monoisotopic (exact) mass is 408 g/mol. The van der Waals surface area contributed by atoms with E-state index in [-0.39, 0.29) is 12.4 Å². The summed E-state index contributed by atoms with van der Waals surface area (Å²) in [5, 5.41) is 5.59. The van der Waals surface area contributed by atoms with Crippen molar-refractivity contribution in [1.82, 2.24) is 0 Å². The number of hydrogen-bond donors (Lipinski definition) is 0. The van der Waals surface area contributed by atoms with Gasteiger partial charge in [0, 0.05) is 0 Å². The molecule has 0 atom stereocenters. The van der Waals surface area contributed by atoms with Crippen molar-refractivity contribution in [2.24, 2.45) is 0 Å². The lowest BCUT2D eigenvalue weighted by Crippen LogP contribution is -2.01. The Hall–Kier alpha value is -1.97. The van der Waals surface area contributed by atoms with Crippen LogP contribution in [0.2, 0.25) is 0 Å². The Morgan fingerprint density at radius 3 is 0.667 bits per heavy atom. The van der Waals surface area contributed by atoms with Gasteiger partial charge in [-0.1, -0.05) is 138 Å². The molecule has 0 fully saturated rings. The van der Waals surface area contributed by atoms with Gasteiger partial charge in [-0.05, 0) is 21.2 Å². The first-order valence-electron chi connectivity index (χ1n) is 8.64. The van der Waals surface area contributed by atoms with Gasteiger partial charge in [0.25, 0.3) is 0 Å². The van der Waals surface area contributed by atoms with Gasteiger partial charge in [0.2, 0.25) is 0 Å².